The molecule has 3 aliphatic rings. The quantitative estimate of drug-likeness (QED) is 0.904. The van der Waals surface area contributed by atoms with Crippen LogP contribution in [0.15, 0.2) is 24.4 Å². The number of aliphatic hydroxyl groups excluding tert-OH is 1. The number of aromatic nitrogens is 1. The molecule has 24 heavy (non-hydrogen) atoms. The molecule has 1 aromatic rings. The van der Waals surface area contributed by atoms with E-state index in [4.69, 9.17) is 0 Å². The first-order chi connectivity index (χ1) is 11.7. The van der Waals surface area contributed by atoms with Gasteiger partial charge in [-0.05, 0) is 57.1 Å². The molecule has 0 bridgehead atoms. The Morgan fingerprint density at radius 1 is 1.12 bits per heavy atom. The van der Waals surface area contributed by atoms with Crippen molar-refractivity contribution in [1.29, 1.82) is 0 Å². The molecule has 1 N–H and O–H groups in total. The molecule has 4 rings (SSSR count). The fraction of sp³-hybridized carbons (Fsp3) is 0.684. The van der Waals surface area contributed by atoms with Gasteiger partial charge in [-0.3, -0.25) is 4.79 Å². The van der Waals surface area contributed by atoms with E-state index in [1.165, 1.54) is 0 Å². The number of nitrogens with zero attached hydrogens (tertiary/aromatic N) is 3. The monoisotopic (exact) mass is 329 g/mol. The van der Waals surface area contributed by atoms with Gasteiger partial charge in [0.25, 0.3) is 0 Å². The number of piperidine rings is 1. The summed E-state index contributed by atoms with van der Waals surface area (Å²) in [6, 6.07) is 6.33. The summed E-state index contributed by atoms with van der Waals surface area (Å²) in [5.41, 5.74) is -0.216. The summed E-state index contributed by atoms with van der Waals surface area (Å²) >= 11 is 0. The third kappa shape index (κ3) is 2.79. The number of rotatable bonds is 2. The van der Waals surface area contributed by atoms with Crippen molar-refractivity contribution in [2.75, 3.05) is 24.5 Å². The smallest absolute Gasteiger partial charge is 0.230 e. The molecule has 2 aliphatic heterocycles. The Labute approximate surface area is 143 Å². The summed E-state index contributed by atoms with van der Waals surface area (Å²) in [4.78, 5) is 22.1. The average molecular weight is 329 g/mol. The summed E-state index contributed by atoms with van der Waals surface area (Å²) in [7, 11) is 0. The molecule has 3 fully saturated rings. The summed E-state index contributed by atoms with van der Waals surface area (Å²) in [5.74, 6) is 1.34. The number of likely N-dealkylation sites (tertiary alicyclic amines) is 1. The van der Waals surface area contributed by atoms with Crippen molar-refractivity contribution in [3.63, 3.8) is 0 Å². The van der Waals surface area contributed by atoms with E-state index in [9.17, 15) is 9.90 Å². The van der Waals surface area contributed by atoms with Crippen LogP contribution in [0.1, 0.15) is 44.9 Å². The molecule has 1 unspecified atom stereocenters. The minimum atomic E-state index is -0.216. The number of carbonyl (C=O) groups is 1. The van der Waals surface area contributed by atoms with E-state index in [1.54, 1.807) is 0 Å². The molecule has 1 aromatic heterocycles. The first-order valence-corrected chi connectivity index (χ1v) is 9.33. The molecule has 1 amide bonds. The summed E-state index contributed by atoms with van der Waals surface area (Å²) < 4.78 is 0. The molecule has 2 saturated heterocycles. The minimum Gasteiger partial charge on any atom is -0.393 e. The lowest BCUT2D eigenvalue weighted by Crippen LogP contribution is -2.50. The number of amides is 1. The van der Waals surface area contributed by atoms with Crippen molar-refractivity contribution in [2.45, 2.75) is 57.1 Å². The van der Waals surface area contributed by atoms with Gasteiger partial charge in [-0.15, -0.1) is 0 Å². The van der Waals surface area contributed by atoms with E-state index in [1.807, 2.05) is 24.4 Å². The minimum absolute atomic E-state index is 0.165. The van der Waals surface area contributed by atoms with Gasteiger partial charge in [0, 0.05) is 31.9 Å². The van der Waals surface area contributed by atoms with Gasteiger partial charge in [0.2, 0.25) is 5.91 Å². The molecule has 5 heteroatoms. The van der Waals surface area contributed by atoms with Gasteiger partial charge in [0.15, 0.2) is 0 Å². The van der Waals surface area contributed by atoms with Crippen LogP contribution in [0.25, 0.3) is 0 Å². The Morgan fingerprint density at radius 2 is 1.96 bits per heavy atom. The zero-order valence-electron chi connectivity index (χ0n) is 14.2. The Bertz CT molecular complexity index is 586. The largest absolute Gasteiger partial charge is 0.393 e. The number of hydrogen-bond acceptors (Lipinski definition) is 4. The van der Waals surface area contributed by atoms with E-state index in [-0.39, 0.29) is 11.5 Å². The normalized spacial score (nSPS) is 34.1. The van der Waals surface area contributed by atoms with Gasteiger partial charge in [0.1, 0.15) is 5.82 Å². The highest BCUT2D eigenvalue weighted by molar-refractivity contribution is 5.86. The molecule has 1 atom stereocenters. The molecule has 0 radical (unpaired) electrons. The Morgan fingerprint density at radius 3 is 2.71 bits per heavy atom. The molecular formula is C19H27N3O2. The lowest BCUT2D eigenvalue weighted by Gasteiger charge is -2.41. The highest BCUT2D eigenvalue weighted by Gasteiger charge is 2.50. The maximum atomic E-state index is 13.3. The number of carbonyl (C=O) groups excluding carboxylic acids is 1. The van der Waals surface area contributed by atoms with Gasteiger partial charge >= 0.3 is 0 Å². The molecule has 1 aliphatic carbocycles. The Hall–Kier alpha value is -1.62. The second kappa shape index (κ2) is 6.36. The van der Waals surface area contributed by atoms with Crippen LogP contribution in [0.5, 0.6) is 0 Å². The van der Waals surface area contributed by atoms with Crippen molar-refractivity contribution in [1.82, 2.24) is 9.88 Å². The van der Waals surface area contributed by atoms with Crippen LogP contribution < -0.4 is 4.90 Å². The topological polar surface area (TPSA) is 56.7 Å². The SMILES string of the molecule is O=C1N([C@H]2CC[C@H](O)CC2)CCC12CCCN(c1ccccn1)C2. The second-order valence-electron chi connectivity index (χ2n) is 7.70. The number of pyridine rings is 1. The number of hydrogen-bond donors (Lipinski definition) is 1. The van der Waals surface area contributed by atoms with E-state index >= 15 is 0 Å². The predicted molar refractivity (Wildman–Crippen MR) is 92.7 cm³/mol. The van der Waals surface area contributed by atoms with Crippen LogP contribution in [0.3, 0.4) is 0 Å². The molecular weight excluding hydrogens is 302 g/mol. The Balaban J connectivity index is 1.48. The summed E-state index contributed by atoms with van der Waals surface area (Å²) in [6.45, 7) is 2.67. The van der Waals surface area contributed by atoms with Crippen LogP contribution in [-0.2, 0) is 4.79 Å². The van der Waals surface area contributed by atoms with E-state index < -0.39 is 0 Å². The standard InChI is InChI=1S/C19H27N3O2/c23-16-7-5-15(6-8-16)22-13-10-19(18(22)24)9-3-12-21(14-19)17-4-1-2-11-20-17/h1-2,4,11,15-16,23H,3,5-10,12-14H2/t15-,16-,19?. The van der Waals surface area contributed by atoms with Crippen LogP contribution in [0.2, 0.25) is 0 Å². The van der Waals surface area contributed by atoms with Gasteiger partial charge in [-0.25, -0.2) is 4.98 Å². The molecule has 1 spiro atoms. The third-order valence-electron chi connectivity index (χ3n) is 6.20. The van der Waals surface area contributed by atoms with Gasteiger partial charge < -0.3 is 14.9 Å². The van der Waals surface area contributed by atoms with Crippen LogP contribution >= 0.6 is 0 Å². The summed E-state index contributed by atoms with van der Waals surface area (Å²) in [5, 5.41) is 9.72. The zero-order valence-corrected chi connectivity index (χ0v) is 14.2. The maximum Gasteiger partial charge on any atom is 0.230 e. The van der Waals surface area contributed by atoms with Gasteiger partial charge in [-0.1, -0.05) is 6.07 Å². The highest BCUT2D eigenvalue weighted by atomic mass is 16.3. The van der Waals surface area contributed by atoms with E-state index in [2.05, 4.69) is 14.8 Å². The van der Waals surface area contributed by atoms with Crippen LogP contribution in [-0.4, -0.2) is 52.7 Å². The molecule has 5 nitrogen and oxygen atoms in total. The van der Waals surface area contributed by atoms with Crippen LogP contribution in [0, 0.1) is 5.41 Å². The van der Waals surface area contributed by atoms with Crippen molar-refractivity contribution in [3.8, 4) is 0 Å². The lowest BCUT2D eigenvalue weighted by atomic mass is 9.78. The fourth-order valence-electron chi connectivity index (χ4n) is 4.81. The first kappa shape index (κ1) is 15.9. The van der Waals surface area contributed by atoms with Gasteiger partial charge in [-0.2, -0.15) is 0 Å². The summed E-state index contributed by atoms with van der Waals surface area (Å²) in [6.07, 6.45) is 8.26. The average Bonchev–Trinajstić information content (AvgIpc) is 2.93. The number of aliphatic hydroxyl groups is 1. The predicted octanol–water partition coefficient (Wildman–Crippen LogP) is 2.20. The first-order valence-electron chi connectivity index (χ1n) is 9.33. The van der Waals surface area contributed by atoms with Gasteiger partial charge in [0.05, 0.1) is 11.5 Å². The van der Waals surface area contributed by atoms with Crippen molar-refractivity contribution >= 4 is 11.7 Å². The maximum absolute atomic E-state index is 13.3. The lowest BCUT2D eigenvalue weighted by molar-refractivity contribution is -0.139. The zero-order chi connectivity index (χ0) is 16.6. The van der Waals surface area contributed by atoms with Crippen molar-refractivity contribution in [3.05, 3.63) is 24.4 Å². The molecule has 130 valence electrons. The van der Waals surface area contributed by atoms with Crippen LogP contribution in [0.4, 0.5) is 5.82 Å². The fourth-order valence-corrected chi connectivity index (χ4v) is 4.81. The van der Waals surface area contributed by atoms with E-state index in [0.717, 1.165) is 70.4 Å². The molecule has 3 heterocycles. The van der Waals surface area contributed by atoms with Crippen molar-refractivity contribution in [2.24, 2.45) is 5.41 Å². The molecule has 1 saturated carbocycles. The second-order valence-corrected chi connectivity index (χ2v) is 7.70. The molecule has 0 aromatic carbocycles. The highest BCUT2D eigenvalue weighted by Crippen LogP contribution is 2.43. The van der Waals surface area contributed by atoms with E-state index in [0.29, 0.717) is 11.9 Å². The third-order valence-corrected chi connectivity index (χ3v) is 6.20. The number of anilines is 1. The van der Waals surface area contributed by atoms with Crippen molar-refractivity contribution < 1.29 is 9.90 Å². The Kier molecular flexibility index (Phi) is 4.21.